The van der Waals surface area contributed by atoms with Gasteiger partial charge in [-0.15, -0.1) is 0 Å². The van der Waals surface area contributed by atoms with Crippen LogP contribution < -0.4 is 10.6 Å². The van der Waals surface area contributed by atoms with Crippen molar-refractivity contribution in [3.05, 3.63) is 23.9 Å². The van der Waals surface area contributed by atoms with Gasteiger partial charge in [-0.1, -0.05) is 6.92 Å². The predicted molar refractivity (Wildman–Crippen MR) is 72.4 cm³/mol. The number of carbonyl (C=O) groups excluding carboxylic acids is 1. The molecule has 4 heteroatoms. The van der Waals surface area contributed by atoms with Crippen molar-refractivity contribution in [2.75, 3.05) is 18.4 Å². The summed E-state index contributed by atoms with van der Waals surface area (Å²) in [5.74, 6) is 0.744. The number of aryl methyl sites for hydroxylation is 1. The first-order chi connectivity index (χ1) is 8.66. The van der Waals surface area contributed by atoms with Crippen LogP contribution in [0.5, 0.6) is 0 Å². The van der Waals surface area contributed by atoms with Crippen LogP contribution in [0.3, 0.4) is 0 Å². The van der Waals surface area contributed by atoms with Gasteiger partial charge in [-0.05, 0) is 50.4 Å². The lowest BCUT2D eigenvalue weighted by molar-refractivity contribution is -0.126. The molecule has 98 valence electrons. The zero-order valence-corrected chi connectivity index (χ0v) is 11.1. The van der Waals surface area contributed by atoms with Crippen LogP contribution in [-0.4, -0.2) is 24.0 Å². The molecule has 0 aliphatic carbocycles. The second-order valence-electron chi connectivity index (χ2n) is 5.09. The fourth-order valence-electron chi connectivity index (χ4n) is 2.48. The molecule has 1 aliphatic heterocycles. The number of hydrogen-bond donors (Lipinski definition) is 2. The summed E-state index contributed by atoms with van der Waals surface area (Å²) in [7, 11) is 0. The average Bonchev–Trinajstić information content (AvgIpc) is 2.39. The van der Waals surface area contributed by atoms with E-state index in [4.69, 9.17) is 0 Å². The van der Waals surface area contributed by atoms with Crippen LogP contribution in [0.1, 0.15) is 31.7 Å². The molecule has 2 N–H and O–H groups in total. The maximum absolute atomic E-state index is 12.4. The molecule has 0 saturated carbocycles. The van der Waals surface area contributed by atoms with Gasteiger partial charge in [0.15, 0.2) is 0 Å². The Labute approximate surface area is 108 Å². The average molecular weight is 247 g/mol. The Morgan fingerprint density at radius 3 is 3.06 bits per heavy atom. The molecule has 1 saturated heterocycles. The highest BCUT2D eigenvalue weighted by atomic mass is 16.2. The minimum absolute atomic E-state index is 0.0929. The molecule has 0 aromatic carbocycles. The molecular weight excluding hydrogens is 226 g/mol. The van der Waals surface area contributed by atoms with Gasteiger partial charge in [0.05, 0.1) is 5.41 Å². The molecule has 1 fully saturated rings. The van der Waals surface area contributed by atoms with Crippen molar-refractivity contribution >= 4 is 11.7 Å². The first-order valence-electron chi connectivity index (χ1n) is 6.61. The van der Waals surface area contributed by atoms with Gasteiger partial charge in [0.1, 0.15) is 5.82 Å². The Balaban J connectivity index is 2.10. The Kier molecular flexibility index (Phi) is 3.97. The van der Waals surface area contributed by atoms with E-state index in [1.165, 1.54) is 0 Å². The molecule has 2 heterocycles. The van der Waals surface area contributed by atoms with E-state index in [0.717, 1.165) is 37.9 Å². The van der Waals surface area contributed by atoms with Gasteiger partial charge < -0.3 is 10.6 Å². The fourth-order valence-corrected chi connectivity index (χ4v) is 2.48. The lowest BCUT2D eigenvalue weighted by atomic mass is 9.77. The van der Waals surface area contributed by atoms with Crippen molar-refractivity contribution in [1.82, 2.24) is 10.3 Å². The van der Waals surface area contributed by atoms with Crippen molar-refractivity contribution in [3.63, 3.8) is 0 Å². The molecule has 18 heavy (non-hydrogen) atoms. The van der Waals surface area contributed by atoms with Gasteiger partial charge in [0.2, 0.25) is 5.91 Å². The van der Waals surface area contributed by atoms with E-state index in [1.807, 2.05) is 19.1 Å². The largest absolute Gasteiger partial charge is 0.316 e. The summed E-state index contributed by atoms with van der Waals surface area (Å²) in [6.45, 7) is 5.85. The number of hydrogen-bond acceptors (Lipinski definition) is 3. The zero-order chi connectivity index (χ0) is 13.0. The van der Waals surface area contributed by atoms with E-state index in [0.29, 0.717) is 5.82 Å². The number of nitrogens with zero attached hydrogens (tertiary/aromatic N) is 1. The number of pyridine rings is 1. The summed E-state index contributed by atoms with van der Waals surface area (Å²) in [4.78, 5) is 16.6. The maximum Gasteiger partial charge on any atom is 0.233 e. The predicted octanol–water partition coefficient (Wildman–Crippen LogP) is 2.11. The van der Waals surface area contributed by atoms with Crippen LogP contribution in [0.25, 0.3) is 0 Å². The van der Waals surface area contributed by atoms with Crippen molar-refractivity contribution in [1.29, 1.82) is 0 Å². The van der Waals surface area contributed by atoms with Crippen LogP contribution in [-0.2, 0) is 4.79 Å². The molecule has 1 unspecified atom stereocenters. The van der Waals surface area contributed by atoms with Crippen molar-refractivity contribution in [2.24, 2.45) is 5.41 Å². The normalized spacial score (nSPS) is 23.7. The van der Waals surface area contributed by atoms with E-state index in [1.54, 1.807) is 6.20 Å². The Morgan fingerprint density at radius 2 is 2.44 bits per heavy atom. The highest BCUT2D eigenvalue weighted by Gasteiger charge is 2.37. The molecule has 1 amide bonds. The summed E-state index contributed by atoms with van der Waals surface area (Å²) in [6, 6.07) is 3.82. The smallest absolute Gasteiger partial charge is 0.233 e. The highest BCUT2D eigenvalue weighted by Crippen LogP contribution is 2.31. The zero-order valence-electron chi connectivity index (χ0n) is 11.1. The number of piperidine rings is 1. The maximum atomic E-state index is 12.4. The first-order valence-corrected chi connectivity index (χ1v) is 6.61. The van der Waals surface area contributed by atoms with Crippen molar-refractivity contribution in [2.45, 2.75) is 33.1 Å². The van der Waals surface area contributed by atoms with Crippen LogP contribution in [0, 0.1) is 12.3 Å². The summed E-state index contributed by atoms with van der Waals surface area (Å²) in [5, 5.41) is 6.28. The molecule has 4 nitrogen and oxygen atoms in total. The van der Waals surface area contributed by atoms with Crippen LogP contribution >= 0.6 is 0 Å². The van der Waals surface area contributed by atoms with Crippen LogP contribution in [0.2, 0.25) is 0 Å². The second-order valence-corrected chi connectivity index (χ2v) is 5.09. The van der Waals surface area contributed by atoms with Gasteiger partial charge in [-0.3, -0.25) is 4.79 Å². The summed E-state index contributed by atoms with van der Waals surface area (Å²) < 4.78 is 0. The monoisotopic (exact) mass is 247 g/mol. The van der Waals surface area contributed by atoms with Crippen LogP contribution in [0.15, 0.2) is 18.3 Å². The fraction of sp³-hybridized carbons (Fsp3) is 0.571. The van der Waals surface area contributed by atoms with Gasteiger partial charge in [-0.2, -0.15) is 0 Å². The third kappa shape index (κ3) is 2.70. The third-order valence-electron chi connectivity index (χ3n) is 3.79. The molecule has 1 aromatic rings. The molecular formula is C14H21N3O. The lowest BCUT2D eigenvalue weighted by Gasteiger charge is -2.35. The van der Waals surface area contributed by atoms with Crippen molar-refractivity contribution < 1.29 is 4.79 Å². The first kappa shape index (κ1) is 13.0. The number of amides is 1. The molecule has 0 spiro atoms. The molecule has 1 atom stereocenters. The molecule has 2 rings (SSSR count). The van der Waals surface area contributed by atoms with E-state index < -0.39 is 0 Å². The molecule has 0 bridgehead atoms. The molecule has 1 aromatic heterocycles. The number of carbonyl (C=O) groups is 1. The number of rotatable bonds is 3. The van der Waals surface area contributed by atoms with E-state index in [2.05, 4.69) is 22.5 Å². The topological polar surface area (TPSA) is 54.0 Å². The Hall–Kier alpha value is -1.42. The number of anilines is 1. The SMILES string of the molecule is CCC1(C(=O)Nc2cc(C)ccn2)CCCNC1. The Morgan fingerprint density at radius 1 is 1.61 bits per heavy atom. The van der Waals surface area contributed by atoms with Gasteiger partial charge in [0, 0.05) is 12.7 Å². The van der Waals surface area contributed by atoms with E-state index in [-0.39, 0.29) is 11.3 Å². The van der Waals surface area contributed by atoms with Gasteiger partial charge in [-0.25, -0.2) is 4.98 Å². The Bertz CT molecular complexity index is 425. The minimum atomic E-state index is -0.274. The minimum Gasteiger partial charge on any atom is -0.316 e. The van der Waals surface area contributed by atoms with Gasteiger partial charge in [0.25, 0.3) is 0 Å². The number of aromatic nitrogens is 1. The summed E-state index contributed by atoms with van der Waals surface area (Å²) in [6.07, 6.45) is 4.59. The van der Waals surface area contributed by atoms with Gasteiger partial charge >= 0.3 is 0 Å². The standard InChI is InChI=1S/C14H21N3O/c1-3-14(6-4-7-15-10-14)13(18)17-12-9-11(2)5-8-16-12/h5,8-9,15H,3-4,6-7,10H2,1-2H3,(H,16,17,18). The van der Waals surface area contributed by atoms with E-state index in [9.17, 15) is 4.79 Å². The summed E-state index contributed by atoms with van der Waals surface area (Å²) in [5.41, 5.74) is 0.830. The molecule has 1 aliphatic rings. The lowest BCUT2D eigenvalue weighted by Crippen LogP contribution is -2.47. The highest BCUT2D eigenvalue weighted by molar-refractivity contribution is 5.94. The molecule has 0 radical (unpaired) electrons. The third-order valence-corrected chi connectivity index (χ3v) is 3.79. The van der Waals surface area contributed by atoms with E-state index >= 15 is 0 Å². The second kappa shape index (κ2) is 5.48. The number of nitrogens with one attached hydrogen (secondary N) is 2. The van der Waals surface area contributed by atoms with Crippen LogP contribution in [0.4, 0.5) is 5.82 Å². The van der Waals surface area contributed by atoms with Crippen molar-refractivity contribution in [3.8, 4) is 0 Å². The summed E-state index contributed by atoms with van der Waals surface area (Å²) >= 11 is 0. The quantitative estimate of drug-likeness (QED) is 0.860.